The third kappa shape index (κ3) is 3.56. The van der Waals surface area contributed by atoms with Gasteiger partial charge in [-0.05, 0) is 101 Å². The molecular formula is C44H26O. The zero-order valence-corrected chi connectivity index (χ0v) is 24.4. The van der Waals surface area contributed by atoms with Crippen LogP contribution in [0, 0.1) is 0 Å². The highest BCUT2D eigenvalue weighted by molar-refractivity contribution is 6.23. The zero-order chi connectivity index (χ0) is 29.5. The van der Waals surface area contributed by atoms with Crippen molar-refractivity contribution in [3.8, 4) is 44.9 Å². The largest absolute Gasteiger partial charge is 0.456 e. The van der Waals surface area contributed by atoms with E-state index in [2.05, 4.69) is 152 Å². The Hall–Kier alpha value is -5.92. The first-order chi connectivity index (χ1) is 22.3. The van der Waals surface area contributed by atoms with Gasteiger partial charge in [0.25, 0.3) is 0 Å². The van der Waals surface area contributed by atoms with Gasteiger partial charge in [-0.1, -0.05) is 133 Å². The Morgan fingerprint density at radius 1 is 0.311 bits per heavy atom. The average Bonchev–Trinajstić information content (AvgIpc) is 3.10. The molecule has 0 amide bonds. The maximum atomic E-state index is 6.41. The van der Waals surface area contributed by atoms with Gasteiger partial charge in [0.05, 0.1) is 0 Å². The van der Waals surface area contributed by atoms with E-state index in [-0.39, 0.29) is 0 Å². The summed E-state index contributed by atoms with van der Waals surface area (Å²) in [6.07, 6.45) is 0. The predicted molar refractivity (Wildman–Crippen MR) is 190 cm³/mol. The van der Waals surface area contributed by atoms with Crippen LogP contribution in [-0.4, -0.2) is 0 Å². The molecule has 1 heterocycles. The minimum Gasteiger partial charge on any atom is -0.456 e. The first kappa shape index (κ1) is 24.5. The lowest BCUT2D eigenvalue weighted by molar-refractivity contribution is 0.487. The summed E-state index contributed by atoms with van der Waals surface area (Å²) in [4.78, 5) is 0. The minimum absolute atomic E-state index is 0.912. The lowest BCUT2D eigenvalue weighted by Gasteiger charge is -2.22. The number of para-hydroxylation sites is 1. The molecule has 0 atom stereocenters. The molecule has 0 aliphatic carbocycles. The maximum Gasteiger partial charge on any atom is 0.135 e. The van der Waals surface area contributed by atoms with Crippen molar-refractivity contribution in [3.05, 3.63) is 158 Å². The van der Waals surface area contributed by atoms with Crippen LogP contribution in [0.2, 0.25) is 0 Å². The van der Waals surface area contributed by atoms with Crippen molar-refractivity contribution in [3.63, 3.8) is 0 Å². The van der Waals surface area contributed by atoms with Crippen LogP contribution in [0.3, 0.4) is 0 Å². The van der Waals surface area contributed by atoms with E-state index in [1.807, 2.05) is 6.07 Å². The molecule has 208 valence electrons. The fourth-order valence-electron chi connectivity index (χ4n) is 7.60. The second-order valence-corrected chi connectivity index (χ2v) is 12.0. The number of hydrogen-bond acceptors (Lipinski definition) is 1. The molecule has 0 saturated carbocycles. The van der Waals surface area contributed by atoms with Gasteiger partial charge >= 0.3 is 0 Å². The summed E-state index contributed by atoms with van der Waals surface area (Å²) in [6.45, 7) is 0. The molecule has 0 fully saturated rings. The molecule has 0 aromatic heterocycles. The fraction of sp³-hybridized carbons (Fsp3) is 0. The van der Waals surface area contributed by atoms with Gasteiger partial charge in [-0.2, -0.15) is 0 Å². The van der Waals surface area contributed by atoms with E-state index in [1.54, 1.807) is 0 Å². The molecule has 9 aromatic carbocycles. The summed E-state index contributed by atoms with van der Waals surface area (Å²) in [5, 5.41) is 12.5. The number of rotatable bonds is 2. The first-order valence-corrected chi connectivity index (χ1v) is 15.5. The van der Waals surface area contributed by atoms with Crippen molar-refractivity contribution >= 4 is 53.9 Å². The van der Waals surface area contributed by atoms with E-state index in [9.17, 15) is 0 Å². The summed E-state index contributed by atoms with van der Waals surface area (Å²) in [5.41, 5.74) is 7.32. The number of benzene rings is 9. The smallest absolute Gasteiger partial charge is 0.135 e. The molecule has 1 heteroatoms. The number of ether oxygens (including phenoxy) is 1. The van der Waals surface area contributed by atoms with E-state index < -0.39 is 0 Å². The molecule has 0 spiro atoms. The summed E-state index contributed by atoms with van der Waals surface area (Å²) in [7, 11) is 0. The van der Waals surface area contributed by atoms with E-state index in [1.165, 1.54) is 81.7 Å². The van der Waals surface area contributed by atoms with Crippen LogP contribution in [0.1, 0.15) is 0 Å². The molecule has 0 radical (unpaired) electrons. The van der Waals surface area contributed by atoms with Crippen LogP contribution < -0.4 is 4.74 Å². The highest BCUT2D eigenvalue weighted by Crippen LogP contribution is 2.49. The lowest BCUT2D eigenvalue weighted by atomic mass is 9.86. The summed E-state index contributed by atoms with van der Waals surface area (Å²) >= 11 is 0. The van der Waals surface area contributed by atoms with Crippen LogP contribution >= 0.6 is 0 Å². The quantitative estimate of drug-likeness (QED) is 0.148. The Bertz CT molecular complexity index is 2670. The topological polar surface area (TPSA) is 9.23 Å². The molecule has 0 unspecified atom stereocenters. The molecule has 1 aliphatic rings. The summed E-state index contributed by atoms with van der Waals surface area (Å²) in [5.74, 6) is 1.83. The Morgan fingerprint density at radius 2 is 1.00 bits per heavy atom. The number of hydrogen-bond donors (Lipinski definition) is 0. The monoisotopic (exact) mass is 570 g/mol. The van der Waals surface area contributed by atoms with Gasteiger partial charge in [-0.15, -0.1) is 0 Å². The van der Waals surface area contributed by atoms with Gasteiger partial charge in [0.1, 0.15) is 11.5 Å². The molecule has 0 N–H and O–H groups in total. The minimum atomic E-state index is 0.912. The third-order valence-electron chi connectivity index (χ3n) is 9.63. The fourth-order valence-corrected chi connectivity index (χ4v) is 7.60. The predicted octanol–water partition coefficient (Wildman–Crippen LogP) is 12.6. The van der Waals surface area contributed by atoms with Crippen LogP contribution in [0.4, 0.5) is 0 Å². The van der Waals surface area contributed by atoms with Gasteiger partial charge in [0, 0.05) is 10.9 Å². The SMILES string of the molecule is c1ccc2c(c1)Oc1ccc(-c3ccc4cc5c(ccc6ccccc65)c(-c5cccc6ccccc56)c4c3)c3cccc-2c13. The molecule has 9 aromatic rings. The zero-order valence-electron chi connectivity index (χ0n) is 24.4. The average molecular weight is 571 g/mol. The van der Waals surface area contributed by atoms with Gasteiger partial charge in [-0.25, -0.2) is 0 Å². The normalized spacial score (nSPS) is 12.2. The summed E-state index contributed by atoms with van der Waals surface area (Å²) < 4.78 is 6.41. The van der Waals surface area contributed by atoms with Crippen molar-refractivity contribution in [1.29, 1.82) is 0 Å². The van der Waals surface area contributed by atoms with Crippen molar-refractivity contribution < 1.29 is 4.74 Å². The van der Waals surface area contributed by atoms with Crippen LogP contribution in [0.5, 0.6) is 11.5 Å². The van der Waals surface area contributed by atoms with E-state index in [0.717, 1.165) is 17.1 Å². The van der Waals surface area contributed by atoms with Crippen LogP contribution in [-0.2, 0) is 0 Å². The maximum absolute atomic E-state index is 6.41. The molecule has 1 nitrogen and oxygen atoms in total. The van der Waals surface area contributed by atoms with Gasteiger partial charge in [-0.3, -0.25) is 0 Å². The van der Waals surface area contributed by atoms with E-state index in [0.29, 0.717) is 0 Å². The highest BCUT2D eigenvalue weighted by Gasteiger charge is 2.22. The van der Waals surface area contributed by atoms with E-state index in [4.69, 9.17) is 4.74 Å². The molecule has 0 bridgehead atoms. The lowest BCUT2D eigenvalue weighted by Crippen LogP contribution is -1.97. The Kier molecular flexibility index (Phi) is 5.06. The Balaban J connectivity index is 1.30. The Labute approximate surface area is 260 Å². The van der Waals surface area contributed by atoms with Crippen molar-refractivity contribution in [2.45, 2.75) is 0 Å². The first-order valence-electron chi connectivity index (χ1n) is 15.5. The van der Waals surface area contributed by atoms with Crippen molar-refractivity contribution in [1.82, 2.24) is 0 Å². The van der Waals surface area contributed by atoms with Crippen LogP contribution in [0.25, 0.3) is 87.2 Å². The molecule has 0 saturated heterocycles. The Morgan fingerprint density at radius 3 is 1.93 bits per heavy atom. The third-order valence-corrected chi connectivity index (χ3v) is 9.63. The highest BCUT2D eigenvalue weighted by atomic mass is 16.5. The number of fused-ring (bicyclic) bond motifs is 7. The van der Waals surface area contributed by atoms with Gasteiger partial charge in [0.15, 0.2) is 0 Å². The van der Waals surface area contributed by atoms with Crippen LogP contribution in [0.15, 0.2) is 158 Å². The molecule has 1 aliphatic heterocycles. The van der Waals surface area contributed by atoms with E-state index >= 15 is 0 Å². The van der Waals surface area contributed by atoms with Crippen molar-refractivity contribution in [2.75, 3.05) is 0 Å². The molecular weight excluding hydrogens is 544 g/mol. The standard InChI is InChI=1S/C44H26O/c1-3-12-31-27(9-1)11-7-15-35(31)43-38-22-21-28-10-2-4-13-32(28)40(38)26-30-20-19-29(25-39(30)43)33-23-24-42-44-36(33)16-8-17-37(44)34-14-5-6-18-41(34)45-42/h1-26H. The van der Waals surface area contributed by atoms with Crippen molar-refractivity contribution in [2.24, 2.45) is 0 Å². The van der Waals surface area contributed by atoms with Gasteiger partial charge < -0.3 is 4.74 Å². The second kappa shape index (κ2) is 9.29. The van der Waals surface area contributed by atoms with Gasteiger partial charge in [0.2, 0.25) is 0 Å². The molecule has 10 rings (SSSR count). The summed E-state index contributed by atoms with van der Waals surface area (Å²) in [6, 6.07) is 57.4. The molecule has 45 heavy (non-hydrogen) atoms. The second-order valence-electron chi connectivity index (χ2n) is 12.0.